The highest BCUT2D eigenvalue weighted by Gasteiger charge is 2.39. The van der Waals surface area contributed by atoms with Gasteiger partial charge in [-0.15, -0.1) is 11.3 Å². The van der Waals surface area contributed by atoms with Gasteiger partial charge in [-0.05, 0) is 31.9 Å². The van der Waals surface area contributed by atoms with Crippen LogP contribution in [0.4, 0.5) is 4.79 Å². The lowest BCUT2D eigenvalue weighted by Crippen LogP contribution is -2.50. The van der Waals surface area contributed by atoms with Crippen LogP contribution in [0, 0.1) is 5.41 Å². The van der Waals surface area contributed by atoms with Crippen molar-refractivity contribution < 1.29 is 4.79 Å². The van der Waals surface area contributed by atoms with Gasteiger partial charge in [-0.1, -0.05) is 0 Å². The van der Waals surface area contributed by atoms with Crippen molar-refractivity contribution in [2.24, 2.45) is 5.41 Å². The molecule has 1 unspecified atom stereocenters. The minimum absolute atomic E-state index is 0.0535. The molecule has 2 aliphatic heterocycles. The Morgan fingerprint density at radius 2 is 2.23 bits per heavy atom. The van der Waals surface area contributed by atoms with Crippen LogP contribution >= 0.6 is 11.3 Å². The molecule has 2 amide bonds. The van der Waals surface area contributed by atoms with Gasteiger partial charge in [-0.25, -0.2) is 19.7 Å². The van der Waals surface area contributed by atoms with E-state index in [2.05, 4.69) is 25.6 Å². The van der Waals surface area contributed by atoms with Crippen LogP contribution in [0.2, 0.25) is 0 Å². The van der Waals surface area contributed by atoms with Crippen molar-refractivity contribution in [3.8, 4) is 10.8 Å². The maximum Gasteiger partial charge on any atom is 0.317 e. The van der Waals surface area contributed by atoms with E-state index in [1.54, 1.807) is 18.5 Å². The van der Waals surface area contributed by atoms with Gasteiger partial charge >= 0.3 is 6.03 Å². The van der Waals surface area contributed by atoms with Gasteiger partial charge in [0.2, 0.25) is 0 Å². The summed E-state index contributed by atoms with van der Waals surface area (Å²) in [5.41, 5.74) is 1.27. The lowest BCUT2D eigenvalue weighted by Gasteiger charge is -2.39. The molecule has 138 valence electrons. The van der Waals surface area contributed by atoms with Crippen LogP contribution < -0.4 is 10.6 Å². The van der Waals surface area contributed by atoms with E-state index >= 15 is 0 Å². The summed E-state index contributed by atoms with van der Waals surface area (Å²) in [6.45, 7) is 4.45. The standard InChI is InChI=1S/C18H24N6OS/c25-17(24-10-1-4-18(13-24)5-9-19-12-18)22-8-3-14-11-26-16(23-14)15-20-6-2-7-21-15/h2,6-7,11,19H,1,3-5,8-10,12-13H2,(H,22,25). The van der Waals surface area contributed by atoms with Gasteiger partial charge in [0, 0.05) is 55.8 Å². The van der Waals surface area contributed by atoms with Gasteiger partial charge in [-0.3, -0.25) is 0 Å². The molecular formula is C18H24N6OS. The van der Waals surface area contributed by atoms with Gasteiger partial charge < -0.3 is 15.5 Å². The number of nitrogens with one attached hydrogen (secondary N) is 2. The molecule has 7 nitrogen and oxygen atoms in total. The highest BCUT2D eigenvalue weighted by atomic mass is 32.1. The number of hydrogen-bond acceptors (Lipinski definition) is 6. The Hall–Kier alpha value is -2.06. The van der Waals surface area contributed by atoms with Gasteiger partial charge in [0.25, 0.3) is 0 Å². The molecule has 2 aromatic heterocycles. The van der Waals surface area contributed by atoms with Gasteiger partial charge in [0.1, 0.15) is 0 Å². The summed E-state index contributed by atoms with van der Waals surface area (Å²) in [5.74, 6) is 0.650. The van der Waals surface area contributed by atoms with Crippen LogP contribution in [0.1, 0.15) is 25.0 Å². The lowest BCUT2D eigenvalue weighted by molar-refractivity contribution is 0.118. The highest BCUT2D eigenvalue weighted by Crippen LogP contribution is 2.35. The zero-order valence-electron chi connectivity index (χ0n) is 14.8. The summed E-state index contributed by atoms with van der Waals surface area (Å²) < 4.78 is 0. The van der Waals surface area contributed by atoms with Crippen LogP contribution in [0.15, 0.2) is 23.8 Å². The number of carbonyl (C=O) groups excluding carboxylic acids is 1. The zero-order chi connectivity index (χ0) is 17.8. The van der Waals surface area contributed by atoms with Crippen LogP contribution in [-0.2, 0) is 6.42 Å². The van der Waals surface area contributed by atoms with Crippen molar-refractivity contribution in [2.75, 3.05) is 32.7 Å². The Balaban J connectivity index is 1.27. The third kappa shape index (κ3) is 3.86. The fourth-order valence-corrected chi connectivity index (χ4v) is 4.67. The zero-order valence-corrected chi connectivity index (χ0v) is 15.6. The Kier molecular flexibility index (Phi) is 5.12. The number of nitrogens with zero attached hydrogens (tertiary/aromatic N) is 4. The SMILES string of the molecule is O=C(NCCc1csc(-c2ncccn2)n1)N1CCCC2(CCNC2)C1. The predicted octanol–water partition coefficient (Wildman–Crippen LogP) is 1.93. The largest absolute Gasteiger partial charge is 0.338 e. The highest BCUT2D eigenvalue weighted by molar-refractivity contribution is 7.13. The first kappa shape index (κ1) is 17.4. The van der Waals surface area contributed by atoms with Crippen molar-refractivity contribution >= 4 is 17.4 Å². The van der Waals surface area contributed by atoms with Gasteiger partial charge in [0.15, 0.2) is 10.8 Å². The molecule has 0 radical (unpaired) electrons. The Morgan fingerprint density at radius 3 is 3.04 bits per heavy atom. The van der Waals surface area contributed by atoms with Crippen molar-refractivity contribution in [2.45, 2.75) is 25.7 Å². The quantitative estimate of drug-likeness (QED) is 0.857. The molecule has 8 heteroatoms. The smallest absolute Gasteiger partial charge is 0.317 e. The minimum Gasteiger partial charge on any atom is -0.338 e. The number of piperidine rings is 1. The molecule has 2 N–H and O–H groups in total. The molecule has 0 saturated carbocycles. The molecule has 0 bridgehead atoms. The Morgan fingerprint density at radius 1 is 1.35 bits per heavy atom. The summed E-state index contributed by atoms with van der Waals surface area (Å²) in [6, 6.07) is 1.85. The molecule has 2 saturated heterocycles. The summed E-state index contributed by atoms with van der Waals surface area (Å²) in [5, 5.41) is 9.33. The molecule has 4 heterocycles. The first-order valence-corrected chi connectivity index (χ1v) is 10.1. The number of aromatic nitrogens is 3. The molecule has 1 atom stereocenters. The fraction of sp³-hybridized carbons (Fsp3) is 0.556. The maximum absolute atomic E-state index is 12.5. The van der Waals surface area contributed by atoms with E-state index in [1.165, 1.54) is 24.2 Å². The van der Waals surface area contributed by atoms with E-state index in [-0.39, 0.29) is 6.03 Å². The molecule has 1 spiro atoms. The topological polar surface area (TPSA) is 83.0 Å². The molecule has 2 fully saturated rings. The number of hydrogen-bond donors (Lipinski definition) is 2. The number of carbonyl (C=O) groups is 1. The van der Waals surface area contributed by atoms with E-state index in [9.17, 15) is 4.79 Å². The average Bonchev–Trinajstić information content (AvgIpc) is 3.32. The Bertz CT molecular complexity index is 743. The van der Waals surface area contributed by atoms with E-state index in [0.29, 0.717) is 17.8 Å². The van der Waals surface area contributed by atoms with Crippen LogP contribution in [-0.4, -0.2) is 58.6 Å². The van der Waals surface area contributed by atoms with Crippen LogP contribution in [0.25, 0.3) is 10.8 Å². The van der Waals surface area contributed by atoms with E-state index in [0.717, 1.165) is 49.7 Å². The lowest BCUT2D eigenvalue weighted by atomic mass is 9.79. The summed E-state index contributed by atoms with van der Waals surface area (Å²) in [4.78, 5) is 27.5. The number of likely N-dealkylation sites (tertiary alicyclic amines) is 1. The first-order chi connectivity index (χ1) is 12.7. The average molecular weight is 372 g/mol. The van der Waals surface area contributed by atoms with Crippen molar-refractivity contribution in [1.29, 1.82) is 0 Å². The molecule has 4 rings (SSSR count). The van der Waals surface area contributed by atoms with Crippen molar-refractivity contribution in [3.05, 3.63) is 29.5 Å². The number of urea groups is 1. The van der Waals surface area contributed by atoms with Crippen molar-refractivity contribution in [1.82, 2.24) is 30.5 Å². The van der Waals surface area contributed by atoms with E-state index in [4.69, 9.17) is 0 Å². The Labute approximate surface area is 157 Å². The molecule has 0 aliphatic carbocycles. The number of amides is 2. The molecule has 0 aromatic carbocycles. The number of rotatable bonds is 4. The van der Waals surface area contributed by atoms with Gasteiger partial charge in [-0.2, -0.15) is 0 Å². The van der Waals surface area contributed by atoms with Gasteiger partial charge in [0.05, 0.1) is 5.69 Å². The second kappa shape index (κ2) is 7.67. The monoisotopic (exact) mass is 372 g/mol. The summed E-state index contributed by atoms with van der Waals surface area (Å²) in [7, 11) is 0. The van der Waals surface area contributed by atoms with Crippen molar-refractivity contribution in [3.63, 3.8) is 0 Å². The second-order valence-corrected chi connectivity index (χ2v) is 8.01. The first-order valence-electron chi connectivity index (χ1n) is 9.19. The van der Waals surface area contributed by atoms with Crippen LogP contribution in [0.5, 0.6) is 0 Å². The predicted molar refractivity (Wildman–Crippen MR) is 101 cm³/mol. The second-order valence-electron chi connectivity index (χ2n) is 7.15. The fourth-order valence-electron chi connectivity index (χ4n) is 3.87. The van der Waals surface area contributed by atoms with E-state index in [1.807, 2.05) is 10.3 Å². The molecule has 2 aromatic rings. The third-order valence-corrected chi connectivity index (χ3v) is 6.13. The third-order valence-electron chi connectivity index (χ3n) is 5.25. The van der Waals surface area contributed by atoms with Crippen LogP contribution in [0.3, 0.4) is 0 Å². The maximum atomic E-state index is 12.5. The molecule has 2 aliphatic rings. The molecule has 26 heavy (non-hydrogen) atoms. The number of thiazole rings is 1. The normalized spacial score (nSPS) is 22.7. The summed E-state index contributed by atoms with van der Waals surface area (Å²) in [6.07, 6.45) is 7.66. The van der Waals surface area contributed by atoms with E-state index < -0.39 is 0 Å². The summed E-state index contributed by atoms with van der Waals surface area (Å²) >= 11 is 1.54. The minimum atomic E-state index is 0.0535. The molecular weight excluding hydrogens is 348 g/mol.